The number of amides is 2. The first-order valence-electron chi connectivity index (χ1n) is 5.53. The molecular weight excluding hydrogens is 282 g/mol. The van der Waals surface area contributed by atoms with Crippen molar-refractivity contribution in [2.75, 3.05) is 5.32 Å². The molecule has 0 saturated heterocycles. The van der Waals surface area contributed by atoms with Crippen LogP contribution in [0.25, 0.3) is 0 Å². The first kappa shape index (κ1) is 13.8. The molecule has 4 N–H and O–H groups in total. The second-order valence-corrected chi connectivity index (χ2v) is 4.32. The van der Waals surface area contributed by atoms with Gasteiger partial charge >= 0.3 is 0 Å². The highest BCUT2D eigenvalue weighted by molar-refractivity contribution is 6.34. The number of nitrogens with one attached hydrogen (secondary N) is 1. The molecule has 0 unspecified atom stereocenters. The monoisotopic (exact) mass is 291 g/mol. The molecule has 0 aliphatic rings. The van der Waals surface area contributed by atoms with Gasteiger partial charge in [0, 0.05) is 12.3 Å². The van der Waals surface area contributed by atoms with Crippen LogP contribution in [0.5, 0.6) is 5.75 Å². The Kier molecular flexibility index (Phi) is 3.86. The van der Waals surface area contributed by atoms with Gasteiger partial charge in [0.05, 0.1) is 16.3 Å². The number of pyridine rings is 1. The lowest BCUT2D eigenvalue weighted by atomic mass is 10.2. The normalized spacial score (nSPS) is 10.1. The van der Waals surface area contributed by atoms with E-state index in [0.29, 0.717) is 5.69 Å². The Hall–Kier alpha value is -2.60. The fourth-order valence-electron chi connectivity index (χ4n) is 1.47. The zero-order valence-electron chi connectivity index (χ0n) is 10.1. The molecule has 0 radical (unpaired) electrons. The number of anilines is 1. The molecular formula is C13H10ClN3O3. The number of benzene rings is 1. The smallest absolute Gasteiger partial charge is 0.274 e. The van der Waals surface area contributed by atoms with E-state index in [1.165, 1.54) is 36.5 Å². The number of hydrogen-bond donors (Lipinski definition) is 3. The molecule has 0 spiro atoms. The van der Waals surface area contributed by atoms with Crippen molar-refractivity contribution >= 4 is 29.1 Å². The maximum absolute atomic E-state index is 11.9. The largest absolute Gasteiger partial charge is 0.508 e. The molecule has 0 saturated carbocycles. The number of primary amides is 1. The second kappa shape index (κ2) is 5.58. The summed E-state index contributed by atoms with van der Waals surface area (Å²) in [5.41, 5.74) is 5.74. The molecule has 0 aliphatic heterocycles. The number of nitrogens with zero attached hydrogens (tertiary/aromatic N) is 1. The minimum Gasteiger partial charge on any atom is -0.508 e. The molecule has 2 aromatic rings. The molecule has 1 heterocycles. The highest BCUT2D eigenvalue weighted by Gasteiger charge is 2.11. The van der Waals surface area contributed by atoms with Crippen LogP contribution in [-0.4, -0.2) is 21.9 Å². The predicted molar refractivity (Wildman–Crippen MR) is 73.8 cm³/mol. The molecule has 7 heteroatoms. The lowest BCUT2D eigenvalue weighted by Crippen LogP contribution is -2.16. The van der Waals surface area contributed by atoms with Crippen LogP contribution in [0.2, 0.25) is 5.02 Å². The van der Waals surface area contributed by atoms with Crippen LogP contribution in [0.3, 0.4) is 0 Å². The van der Waals surface area contributed by atoms with Gasteiger partial charge in [0.1, 0.15) is 11.4 Å². The van der Waals surface area contributed by atoms with Crippen LogP contribution >= 0.6 is 11.6 Å². The van der Waals surface area contributed by atoms with Crippen molar-refractivity contribution in [1.29, 1.82) is 0 Å². The zero-order chi connectivity index (χ0) is 14.7. The number of hydrogen-bond acceptors (Lipinski definition) is 4. The summed E-state index contributed by atoms with van der Waals surface area (Å²) in [6.07, 6.45) is 1.22. The maximum Gasteiger partial charge on any atom is 0.274 e. The van der Waals surface area contributed by atoms with Crippen molar-refractivity contribution in [2.24, 2.45) is 5.73 Å². The minimum absolute atomic E-state index is 0.00284. The molecule has 0 fully saturated rings. The Morgan fingerprint density at radius 1 is 1.25 bits per heavy atom. The van der Waals surface area contributed by atoms with Gasteiger partial charge in [-0.3, -0.25) is 14.6 Å². The van der Waals surface area contributed by atoms with Crippen molar-refractivity contribution in [3.63, 3.8) is 0 Å². The maximum atomic E-state index is 11.9. The van der Waals surface area contributed by atoms with Gasteiger partial charge in [0.25, 0.3) is 5.91 Å². The van der Waals surface area contributed by atoms with Crippen LogP contribution in [-0.2, 0) is 0 Å². The second-order valence-electron chi connectivity index (χ2n) is 3.91. The van der Waals surface area contributed by atoms with Crippen molar-refractivity contribution in [3.05, 3.63) is 52.8 Å². The summed E-state index contributed by atoms with van der Waals surface area (Å²) in [5, 5.41) is 12.0. The fourth-order valence-corrected chi connectivity index (χ4v) is 1.69. The number of carbonyl (C=O) groups is 2. The average Bonchev–Trinajstić information content (AvgIpc) is 2.42. The van der Waals surface area contributed by atoms with E-state index in [9.17, 15) is 14.7 Å². The van der Waals surface area contributed by atoms with Gasteiger partial charge in [-0.2, -0.15) is 0 Å². The third-order valence-electron chi connectivity index (χ3n) is 2.48. The van der Waals surface area contributed by atoms with Gasteiger partial charge in [0.2, 0.25) is 5.91 Å². The third-order valence-corrected chi connectivity index (χ3v) is 2.79. The Balaban J connectivity index is 2.17. The minimum atomic E-state index is -0.619. The Bertz CT molecular complexity index is 671. The van der Waals surface area contributed by atoms with Gasteiger partial charge in [-0.05, 0) is 24.3 Å². The van der Waals surface area contributed by atoms with E-state index in [0.717, 1.165) is 0 Å². The van der Waals surface area contributed by atoms with E-state index >= 15 is 0 Å². The van der Waals surface area contributed by atoms with Gasteiger partial charge in [0.15, 0.2) is 0 Å². The van der Waals surface area contributed by atoms with Crippen LogP contribution in [0.15, 0.2) is 36.5 Å². The van der Waals surface area contributed by atoms with Crippen LogP contribution in [0, 0.1) is 0 Å². The van der Waals surface area contributed by atoms with Gasteiger partial charge in [-0.25, -0.2) is 0 Å². The molecule has 2 amide bonds. The standard InChI is InChI=1S/C13H10ClN3O3/c14-9-5-8(18)2-4-10(9)17-13(20)11-3-1-7(6-16-11)12(15)19/h1-6,18H,(H2,15,19)(H,17,20). The summed E-state index contributed by atoms with van der Waals surface area (Å²) in [4.78, 5) is 26.6. The third kappa shape index (κ3) is 3.04. The van der Waals surface area contributed by atoms with Crippen molar-refractivity contribution < 1.29 is 14.7 Å². The number of aromatic nitrogens is 1. The summed E-state index contributed by atoms with van der Waals surface area (Å²) in [7, 11) is 0. The SMILES string of the molecule is NC(=O)c1ccc(C(=O)Nc2ccc(O)cc2Cl)nc1. The number of halogens is 1. The lowest BCUT2D eigenvalue weighted by molar-refractivity contribution is 0.0993. The van der Waals surface area contributed by atoms with Gasteiger partial charge in [-0.1, -0.05) is 11.6 Å². The summed E-state index contributed by atoms with van der Waals surface area (Å²) in [6, 6.07) is 6.95. The fraction of sp³-hybridized carbons (Fsp3) is 0. The molecule has 20 heavy (non-hydrogen) atoms. The molecule has 0 bridgehead atoms. The van der Waals surface area contributed by atoms with E-state index in [1.807, 2.05) is 0 Å². The molecule has 102 valence electrons. The molecule has 1 aromatic carbocycles. The summed E-state index contributed by atoms with van der Waals surface area (Å²) in [6.45, 7) is 0. The van der Waals surface area contributed by atoms with E-state index in [2.05, 4.69) is 10.3 Å². The number of rotatable bonds is 3. The first-order chi connectivity index (χ1) is 9.47. The number of aromatic hydroxyl groups is 1. The summed E-state index contributed by atoms with van der Waals surface area (Å²) in [5.74, 6) is -1.11. The van der Waals surface area contributed by atoms with E-state index in [4.69, 9.17) is 17.3 Å². The first-order valence-corrected chi connectivity index (χ1v) is 5.91. The lowest BCUT2D eigenvalue weighted by Gasteiger charge is -2.07. The summed E-state index contributed by atoms with van der Waals surface area (Å²) >= 11 is 5.87. The molecule has 0 atom stereocenters. The number of phenols is 1. The van der Waals surface area contributed by atoms with E-state index in [-0.39, 0.29) is 22.0 Å². The van der Waals surface area contributed by atoms with Gasteiger partial charge in [-0.15, -0.1) is 0 Å². The quantitative estimate of drug-likeness (QED) is 0.750. The highest BCUT2D eigenvalue weighted by Crippen LogP contribution is 2.26. The van der Waals surface area contributed by atoms with Crippen LogP contribution in [0.4, 0.5) is 5.69 Å². The topological polar surface area (TPSA) is 105 Å². The number of carbonyl (C=O) groups excluding carboxylic acids is 2. The zero-order valence-corrected chi connectivity index (χ0v) is 10.9. The van der Waals surface area contributed by atoms with Crippen molar-refractivity contribution in [3.8, 4) is 5.75 Å². The molecule has 2 rings (SSSR count). The molecule has 0 aliphatic carbocycles. The van der Waals surface area contributed by atoms with Gasteiger partial charge < -0.3 is 16.2 Å². The van der Waals surface area contributed by atoms with Crippen LogP contribution < -0.4 is 11.1 Å². The van der Waals surface area contributed by atoms with E-state index in [1.54, 1.807) is 0 Å². The summed E-state index contributed by atoms with van der Waals surface area (Å²) < 4.78 is 0. The Labute approximate surface area is 119 Å². The van der Waals surface area contributed by atoms with E-state index < -0.39 is 11.8 Å². The number of nitrogens with two attached hydrogens (primary N) is 1. The molecule has 6 nitrogen and oxygen atoms in total. The highest BCUT2D eigenvalue weighted by atomic mass is 35.5. The molecule has 1 aromatic heterocycles. The Morgan fingerprint density at radius 3 is 2.55 bits per heavy atom. The van der Waals surface area contributed by atoms with Crippen molar-refractivity contribution in [2.45, 2.75) is 0 Å². The van der Waals surface area contributed by atoms with Crippen LogP contribution in [0.1, 0.15) is 20.8 Å². The Morgan fingerprint density at radius 2 is 2.00 bits per heavy atom. The average molecular weight is 292 g/mol. The number of phenolic OH excluding ortho intramolecular Hbond substituents is 1. The predicted octanol–water partition coefficient (Wildman–Crippen LogP) is 1.79. The van der Waals surface area contributed by atoms with Crippen molar-refractivity contribution in [1.82, 2.24) is 4.98 Å².